The van der Waals surface area contributed by atoms with Gasteiger partial charge in [-0.05, 0) is 12.1 Å². The number of hydrogen-bond acceptors (Lipinski definition) is 7. The maximum Gasteiger partial charge on any atom is 0.273 e. The van der Waals surface area contributed by atoms with E-state index in [1.807, 2.05) is 24.3 Å². The average molecular weight is 328 g/mol. The van der Waals surface area contributed by atoms with Gasteiger partial charge in [-0.2, -0.15) is 0 Å². The van der Waals surface area contributed by atoms with Crippen molar-refractivity contribution in [3.05, 3.63) is 42.2 Å². The molecule has 0 aliphatic heterocycles. The first-order valence-corrected chi connectivity index (χ1v) is 7.27. The quantitative estimate of drug-likeness (QED) is 0.537. The number of hydrogen-bond donors (Lipinski definition) is 4. The zero-order valence-corrected chi connectivity index (χ0v) is 12.6. The molecule has 0 bridgehead atoms. The van der Waals surface area contributed by atoms with Gasteiger partial charge < -0.3 is 25.7 Å². The lowest BCUT2D eigenvalue weighted by Gasteiger charge is -2.10. The van der Waals surface area contributed by atoms with E-state index in [0.717, 1.165) is 5.39 Å². The van der Waals surface area contributed by atoms with Crippen LogP contribution in [0.5, 0.6) is 0 Å². The van der Waals surface area contributed by atoms with Crippen molar-refractivity contribution in [3.63, 3.8) is 0 Å². The number of nitrogens with one attached hydrogen (secondary N) is 1. The van der Waals surface area contributed by atoms with E-state index in [-0.39, 0.29) is 18.1 Å². The number of rotatable bonds is 5. The molecule has 0 radical (unpaired) electrons. The highest BCUT2D eigenvalue weighted by atomic mass is 16.3. The first kappa shape index (κ1) is 15.9. The highest BCUT2D eigenvalue weighted by Crippen LogP contribution is 2.26. The molecule has 0 aliphatic carbocycles. The van der Waals surface area contributed by atoms with Crippen molar-refractivity contribution in [2.45, 2.75) is 6.10 Å². The molecule has 0 unspecified atom stereocenters. The Labute approximate surface area is 137 Å². The number of benzene rings is 1. The molecular formula is C16H16N4O4. The summed E-state index contributed by atoms with van der Waals surface area (Å²) in [6.45, 7) is -0.578. The molecule has 2 heterocycles. The third kappa shape index (κ3) is 3.19. The molecule has 1 amide bonds. The van der Waals surface area contributed by atoms with Gasteiger partial charge in [0.05, 0.1) is 18.9 Å². The van der Waals surface area contributed by atoms with Crippen molar-refractivity contribution in [3.8, 4) is 11.5 Å². The SMILES string of the molecule is Nc1ncc(-c2cc3ccccc3o2)nc1C(=O)NC[C@@H](O)CO. The second-order valence-corrected chi connectivity index (χ2v) is 5.18. The topological polar surface area (TPSA) is 134 Å². The zero-order valence-electron chi connectivity index (χ0n) is 12.6. The molecule has 1 atom stereocenters. The van der Waals surface area contributed by atoms with E-state index in [1.165, 1.54) is 6.20 Å². The first-order valence-electron chi connectivity index (χ1n) is 7.27. The fourth-order valence-corrected chi connectivity index (χ4v) is 2.15. The number of fused-ring (bicyclic) bond motifs is 1. The van der Waals surface area contributed by atoms with Gasteiger partial charge in [0.25, 0.3) is 5.91 Å². The van der Waals surface area contributed by atoms with E-state index in [0.29, 0.717) is 17.0 Å². The Morgan fingerprint density at radius 3 is 2.92 bits per heavy atom. The standard InChI is InChI=1S/C16H16N4O4/c17-15-14(16(23)19-6-10(22)8-21)20-11(7-18-15)13-5-9-3-1-2-4-12(9)24-13/h1-5,7,10,21-22H,6,8H2,(H2,17,18)(H,19,23)/t10-/m1/s1. The van der Waals surface area contributed by atoms with E-state index in [4.69, 9.17) is 15.3 Å². The van der Waals surface area contributed by atoms with Gasteiger partial charge in [-0.25, -0.2) is 9.97 Å². The minimum Gasteiger partial charge on any atom is -0.454 e. The number of amides is 1. The zero-order chi connectivity index (χ0) is 17.1. The molecule has 0 aliphatic rings. The minimum atomic E-state index is -1.05. The molecule has 2 aromatic heterocycles. The smallest absolute Gasteiger partial charge is 0.273 e. The summed E-state index contributed by atoms with van der Waals surface area (Å²) < 4.78 is 5.70. The van der Waals surface area contributed by atoms with Gasteiger partial charge >= 0.3 is 0 Å². The minimum absolute atomic E-state index is 0.0363. The predicted octanol–water partition coefficient (Wildman–Crippen LogP) is 0.555. The molecule has 5 N–H and O–H groups in total. The summed E-state index contributed by atoms with van der Waals surface area (Å²) >= 11 is 0. The van der Waals surface area contributed by atoms with E-state index < -0.39 is 18.6 Å². The number of aliphatic hydroxyl groups is 2. The Bertz CT molecular complexity index is 844. The normalized spacial score (nSPS) is 12.2. The molecular weight excluding hydrogens is 312 g/mol. The largest absolute Gasteiger partial charge is 0.454 e. The summed E-state index contributed by atoms with van der Waals surface area (Å²) in [5.41, 5.74) is 6.70. The summed E-state index contributed by atoms with van der Waals surface area (Å²) in [5, 5.41) is 21.4. The van der Waals surface area contributed by atoms with Crippen LogP contribution in [0.25, 0.3) is 22.4 Å². The van der Waals surface area contributed by atoms with Crippen LogP contribution < -0.4 is 11.1 Å². The van der Waals surface area contributed by atoms with Crippen molar-refractivity contribution in [1.82, 2.24) is 15.3 Å². The number of nitrogen functional groups attached to an aromatic ring is 1. The van der Waals surface area contributed by atoms with Gasteiger partial charge in [-0.3, -0.25) is 4.79 Å². The number of aromatic nitrogens is 2. The highest BCUT2D eigenvalue weighted by molar-refractivity contribution is 5.96. The summed E-state index contributed by atoms with van der Waals surface area (Å²) in [6, 6.07) is 9.27. The molecule has 0 saturated carbocycles. The Hall–Kier alpha value is -2.97. The molecule has 1 aromatic carbocycles. The third-order valence-electron chi connectivity index (χ3n) is 3.40. The summed E-state index contributed by atoms with van der Waals surface area (Å²) in [7, 11) is 0. The maximum absolute atomic E-state index is 12.1. The van der Waals surface area contributed by atoms with Crippen molar-refractivity contribution < 1.29 is 19.4 Å². The van der Waals surface area contributed by atoms with Crippen LogP contribution in [-0.2, 0) is 0 Å². The predicted molar refractivity (Wildman–Crippen MR) is 87.1 cm³/mol. The van der Waals surface area contributed by atoms with Crippen LogP contribution in [0.2, 0.25) is 0 Å². The van der Waals surface area contributed by atoms with E-state index in [2.05, 4.69) is 15.3 Å². The molecule has 8 nitrogen and oxygen atoms in total. The molecule has 0 fully saturated rings. The van der Waals surface area contributed by atoms with Crippen molar-refractivity contribution in [2.24, 2.45) is 0 Å². The molecule has 3 aromatic rings. The Morgan fingerprint density at radius 2 is 2.17 bits per heavy atom. The monoisotopic (exact) mass is 328 g/mol. The fourth-order valence-electron chi connectivity index (χ4n) is 2.15. The second-order valence-electron chi connectivity index (χ2n) is 5.18. The van der Waals surface area contributed by atoms with Crippen molar-refractivity contribution >= 4 is 22.7 Å². The molecule has 124 valence electrons. The number of para-hydroxylation sites is 1. The first-order chi connectivity index (χ1) is 11.6. The van der Waals surface area contributed by atoms with E-state index in [9.17, 15) is 9.90 Å². The molecule has 0 saturated heterocycles. The Balaban J connectivity index is 1.89. The van der Waals surface area contributed by atoms with Crippen molar-refractivity contribution in [2.75, 3.05) is 18.9 Å². The van der Waals surface area contributed by atoms with Crippen molar-refractivity contribution in [1.29, 1.82) is 0 Å². The number of nitrogens with zero attached hydrogens (tertiary/aromatic N) is 2. The fraction of sp³-hybridized carbons (Fsp3) is 0.188. The maximum atomic E-state index is 12.1. The summed E-state index contributed by atoms with van der Waals surface area (Å²) in [5.74, 6) is -0.163. The second kappa shape index (κ2) is 6.65. The summed E-state index contributed by atoms with van der Waals surface area (Å²) in [6.07, 6.45) is 0.369. The third-order valence-corrected chi connectivity index (χ3v) is 3.40. The number of carbonyl (C=O) groups is 1. The van der Waals surface area contributed by atoms with Crippen LogP contribution >= 0.6 is 0 Å². The van der Waals surface area contributed by atoms with Gasteiger partial charge in [0.2, 0.25) is 0 Å². The van der Waals surface area contributed by atoms with Crippen LogP contribution in [0.3, 0.4) is 0 Å². The summed E-state index contributed by atoms with van der Waals surface area (Å²) in [4.78, 5) is 20.3. The van der Waals surface area contributed by atoms with E-state index in [1.54, 1.807) is 6.07 Å². The van der Waals surface area contributed by atoms with Gasteiger partial charge in [0.15, 0.2) is 17.3 Å². The lowest BCUT2D eigenvalue weighted by Crippen LogP contribution is -2.34. The number of anilines is 1. The number of carbonyl (C=O) groups excluding carboxylic acids is 1. The number of nitrogens with two attached hydrogens (primary N) is 1. The molecule has 8 heteroatoms. The number of furan rings is 1. The Morgan fingerprint density at radius 1 is 1.38 bits per heavy atom. The van der Waals surface area contributed by atoms with Gasteiger partial charge in [-0.15, -0.1) is 0 Å². The van der Waals surface area contributed by atoms with Crippen LogP contribution in [0.15, 0.2) is 40.9 Å². The van der Waals surface area contributed by atoms with Gasteiger partial charge in [0, 0.05) is 11.9 Å². The average Bonchev–Trinajstić information content (AvgIpc) is 3.03. The highest BCUT2D eigenvalue weighted by Gasteiger charge is 2.17. The van der Waals surface area contributed by atoms with E-state index >= 15 is 0 Å². The number of aliphatic hydroxyl groups excluding tert-OH is 2. The molecule has 0 spiro atoms. The van der Waals surface area contributed by atoms with Crippen LogP contribution in [0.4, 0.5) is 5.82 Å². The van der Waals surface area contributed by atoms with Crippen LogP contribution in [0, 0.1) is 0 Å². The van der Waals surface area contributed by atoms with Crippen LogP contribution in [-0.4, -0.2) is 45.3 Å². The van der Waals surface area contributed by atoms with Crippen LogP contribution in [0.1, 0.15) is 10.5 Å². The van der Waals surface area contributed by atoms with Gasteiger partial charge in [0.1, 0.15) is 11.3 Å². The Kier molecular flexibility index (Phi) is 4.41. The molecule has 24 heavy (non-hydrogen) atoms. The van der Waals surface area contributed by atoms with Gasteiger partial charge in [-0.1, -0.05) is 18.2 Å². The lowest BCUT2D eigenvalue weighted by atomic mass is 10.2. The molecule has 3 rings (SSSR count). The lowest BCUT2D eigenvalue weighted by molar-refractivity contribution is 0.0799.